The molecular formula is C13H20N2. The van der Waals surface area contributed by atoms with Crippen LogP contribution in [0.1, 0.15) is 32.3 Å². The van der Waals surface area contributed by atoms with Gasteiger partial charge in [0.1, 0.15) is 0 Å². The fraction of sp³-hybridized carbons (Fsp3) is 0.615. The van der Waals surface area contributed by atoms with E-state index in [0.717, 1.165) is 19.0 Å². The zero-order valence-electron chi connectivity index (χ0n) is 9.66. The first kappa shape index (κ1) is 10.6. The van der Waals surface area contributed by atoms with Crippen LogP contribution in [-0.4, -0.2) is 18.1 Å². The van der Waals surface area contributed by atoms with Gasteiger partial charge in [-0.1, -0.05) is 13.8 Å². The molecule has 0 aromatic carbocycles. The lowest BCUT2D eigenvalue weighted by molar-refractivity contribution is 0.135. The molecule has 1 fully saturated rings. The van der Waals surface area contributed by atoms with Crippen molar-refractivity contribution in [3.63, 3.8) is 0 Å². The van der Waals surface area contributed by atoms with E-state index in [1.54, 1.807) is 0 Å². The Hall–Kier alpha value is -0.890. The van der Waals surface area contributed by atoms with E-state index in [1.165, 1.54) is 18.4 Å². The molecule has 2 unspecified atom stereocenters. The van der Waals surface area contributed by atoms with Crippen molar-refractivity contribution in [1.29, 1.82) is 0 Å². The van der Waals surface area contributed by atoms with E-state index >= 15 is 0 Å². The van der Waals surface area contributed by atoms with Gasteiger partial charge in [0.2, 0.25) is 0 Å². The Labute approximate surface area is 92.1 Å². The van der Waals surface area contributed by atoms with E-state index in [0.29, 0.717) is 5.41 Å². The number of pyridine rings is 1. The molecule has 0 saturated heterocycles. The molecule has 1 saturated carbocycles. The second kappa shape index (κ2) is 4.31. The lowest BCUT2D eigenvalue weighted by Gasteiger charge is -2.49. The zero-order chi connectivity index (χ0) is 10.7. The molecule has 2 rings (SSSR count). The second-order valence-corrected chi connectivity index (χ2v) is 4.61. The van der Waals surface area contributed by atoms with Crippen LogP contribution in [0.4, 0.5) is 0 Å². The van der Waals surface area contributed by atoms with E-state index in [4.69, 9.17) is 0 Å². The largest absolute Gasteiger partial charge is 0.316 e. The Bertz CT molecular complexity index is 310. The van der Waals surface area contributed by atoms with Crippen molar-refractivity contribution in [2.75, 3.05) is 13.1 Å². The van der Waals surface area contributed by atoms with Crippen LogP contribution in [0.15, 0.2) is 24.5 Å². The van der Waals surface area contributed by atoms with Crippen molar-refractivity contribution in [1.82, 2.24) is 10.3 Å². The molecular weight excluding hydrogens is 184 g/mol. The molecule has 2 nitrogen and oxygen atoms in total. The smallest absolute Gasteiger partial charge is 0.0270 e. The van der Waals surface area contributed by atoms with Crippen molar-refractivity contribution < 1.29 is 0 Å². The first-order valence-electron chi connectivity index (χ1n) is 5.91. The van der Waals surface area contributed by atoms with E-state index in [1.807, 2.05) is 12.4 Å². The van der Waals surface area contributed by atoms with E-state index < -0.39 is 0 Å². The van der Waals surface area contributed by atoms with E-state index in [2.05, 4.69) is 36.3 Å². The summed E-state index contributed by atoms with van der Waals surface area (Å²) < 4.78 is 0. The molecule has 1 aromatic heterocycles. The summed E-state index contributed by atoms with van der Waals surface area (Å²) >= 11 is 0. The Morgan fingerprint density at radius 2 is 2.20 bits per heavy atom. The monoisotopic (exact) mass is 204 g/mol. The Morgan fingerprint density at radius 1 is 1.47 bits per heavy atom. The number of rotatable bonds is 4. The fourth-order valence-electron chi connectivity index (χ4n) is 2.61. The first-order chi connectivity index (χ1) is 7.29. The molecule has 1 aliphatic carbocycles. The Kier molecular flexibility index (Phi) is 3.06. The molecule has 1 aromatic rings. The van der Waals surface area contributed by atoms with Gasteiger partial charge in [0.05, 0.1) is 0 Å². The van der Waals surface area contributed by atoms with Gasteiger partial charge in [-0.05, 0) is 43.0 Å². The number of aromatic nitrogens is 1. The summed E-state index contributed by atoms with van der Waals surface area (Å²) in [6.45, 7) is 6.69. The van der Waals surface area contributed by atoms with Crippen molar-refractivity contribution in [2.24, 2.45) is 5.92 Å². The lowest BCUT2D eigenvalue weighted by atomic mass is 9.57. The third kappa shape index (κ3) is 1.78. The van der Waals surface area contributed by atoms with Gasteiger partial charge in [-0.15, -0.1) is 0 Å². The van der Waals surface area contributed by atoms with E-state index in [9.17, 15) is 0 Å². The van der Waals surface area contributed by atoms with Crippen molar-refractivity contribution in [3.05, 3.63) is 30.1 Å². The summed E-state index contributed by atoms with van der Waals surface area (Å²) in [5, 5.41) is 3.50. The highest BCUT2D eigenvalue weighted by atomic mass is 14.9. The molecule has 1 N–H and O–H groups in total. The number of likely N-dealkylation sites (N-methyl/N-ethyl adjacent to an activating group) is 1. The van der Waals surface area contributed by atoms with Gasteiger partial charge in [0.25, 0.3) is 0 Å². The van der Waals surface area contributed by atoms with Crippen LogP contribution in [0.3, 0.4) is 0 Å². The molecule has 1 aliphatic rings. The summed E-state index contributed by atoms with van der Waals surface area (Å²) in [6.07, 6.45) is 6.49. The van der Waals surface area contributed by atoms with Crippen LogP contribution in [0, 0.1) is 5.92 Å². The number of hydrogen-bond donors (Lipinski definition) is 1. The molecule has 0 amide bonds. The minimum absolute atomic E-state index is 0.374. The van der Waals surface area contributed by atoms with Crippen molar-refractivity contribution in [3.8, 4) is 0 Å². The van der Waals surface area contributed by atoms with Crippen LogP contribution in [0.5, 0.6) is 0 Å². The standard InChI is InChI=1S/C13H20N2/c1-3-14-10-13(7-4-11(13)2)12-5-8-15-9-6-12/h5-6,8-9,11,14H,3-4,7,10H2,1-2H3. The summed E-state index contributed by atoms with van der Waals surface area (Å²) in [4.78, 5) is 4.10. The van der Waals surface area contributed by atoms with Crippen LogP contribution < -0.4 is 5.32 Å². The molecule has 0 aliphatic heterocycles. The second-order valence-electron chi connectivity index (χ2n) is 4.61. The number of nitrogens with zero attached hydrogens (tertiary/aromatic N) is 1. The molecule has 0 radical (unpaired) electrons. The lowest BCUT2D eigenvalue weighted by Crippen LogP contribution is -2.50. The molecule has 1 heterocycles. The average Bonchev–Trinajstić information content (AvgIpc) is 2.29. The third-order valence-corrected chi connectivity index (χ3v) is 3.91. The average molecular weight is 204 g/mol. The van der Waals surface area contributed by atoms with Gasteiger partial charge >= 0.3 is 0 Å². The van der Waals surface area contributed by atoms with Crippen LogP contribution in [0.2, 0.25) is 0 Å². The van der Waals surface area contributed by atoms with Gasteiger partial charge in [0.15, 0.2) is 0 Å². The predicted molar refractivity (Wildman–Crippen MR) is 62.9 cm³/mol. The van der Waals surface area contributed by atoms with Gasteiger partial charge in [-0.3, -0.25) is 4.98 Å². The maximum atomic E-state index is 4.10. The minimum atomic E-state index is 0.374. The number of nitrogens with one attached hydrogen (secondary N) is 1. The zero-order valence-corrected chi connectivity index (χ0v) is 9.66. The Morgan fingerprint density at radius 3 is 2.67 bits per heavy atom. The quantitative estimate of drug-likeness (QED) is 0.814. The molecule has 82 valence electrons. The topological polar surface area (TPSA) is 24.9 Å². The number of hydrogen-bond acceptors (Lipinski definition) is 2. The highest BCUT2D eigenvalue weighted by Gasteiger charge is 2.44. The van der Waals surface area contributed by atoms with Gasteiger partial charge < -0.3 is 5.32 Å². The van der Waals surface area contributed by atoms with Gasteiger partial charge in [-0.25, -0.2) is 0 Å². The Balaban J connectivity index is 2.20. The summed E-state index contributed by atoms with van der Waals surface area (Å²) in [5.74, 6) is 0.791. The molecule has 0 bridgehead atoms. The molecule has 2 heteroatoms. The first-order valence-corrected chi connectivity index (χ1v) is 5.91. The van der Waals surface area contributed by atoms with Crippen molar-refractivity contribution in [2.45, 2.75) is 32.1 Å². The van der Waals surface area contributed by atoms with Gasteiger partial charge in [0, 0.05) is 24.4 Å². The SMILES string of the molecule is CCNCC1(c2ccncc2)CCC1C. The van der Waals surface area contributed by atoms with Crippen LogP contribution >= 0.6 is 0 Å². The summed E-state index contributed by atoms with van der Waals surface area (Å²) in [6, 6.07) is 4.35. The molecule has 15 heavy (non-hydrogen) atoms. The normalized spacial score (nSPS) is 29.9. The summed E-state index contributed by atoms with van der Waals surface area (Å²) in [7, 11) is 0. The van der Waals surface area contributed by atoms with E-state index in [-0.39, 0.29) is 0 Å². The maximum Gasteiger partial charge on any atom is 0.0270 e. The fourth-order valence-corrected chi connectivity index (χ4v) is 2.61. The third-order valence-electron chi connectivity index (χ3n) is 3.91. The van der Waals surface area contributed by atoms with Gasteiger partial charge in [-0.2, -0.15) is 0 Å². The predicted octanol–water partition coefficient (Wildman–Crippen LogP) is 2.36. The van der Waals surface area contributed by atoms with Crippen molar-refractivity contribution >= 4 is 0 Å². The minimum Gasteiger partial charge on any atom is -0.316 e. The highest BCUT2D eigenvalue weighted by molar-refractivity contribution is 5.28. The molecule has 2 atom stereocenters. The molecule has 0 spiro atoms. The van der Waals surface area contributed by atoms with Crippen LogP contribution in [-0.2, 0) is 5.41 Å². The summed E-state index contributed by atoms with van der Waals surface area (Å²) in [5.41, 5.74) is 1.83. The van der Waals surface area contributed by atoms with Crippen LogP contribution in [0.25, 0.3) is 0 Å². The highest BCUT2D eigenvalue weighted by Crippen LogP contribution is 2.47. The maximum absolute atomic E-state index is 4.10.